The van der Waals surface area contributed by atoms with Crippen molar-refractivity contribution in [3.05, 3.63) is 9.67 Å². The number of amides is 1. The second-order valence-electron chi connectivity index (χ2n) is 9.35. The van der Waals surface area contributed by atoms with Gasteiger partial charge in [0, 0.05) is 0 Å². The molecule has 0 aliphatic carbocycles. The summed E-state index contributed by atoms with van der Waals surface area (Å²) in [5, 5.41) is 0. The van der Waals surface area contributed by atoms with Gasteiger partial charge in [-0.25, -0.2) is 0 Å². The van der Waals surface area contributed by atoms with E-state index in [1.54, 1.807) is 0 Å². The third kappa shape index (κ3) is 8.78. The van der Waals surface area contributed by atoms with Crippen LogP contribution < -0.4 is 0 Å². The standard InChI is InChI=1S/C11H18NO2.3C4H9.Sn/c1-11(2,3)14-10(13)12-8-6-4-5-7-9-12;3*1-3-4-2;/h7H,4,6,8-9H2,1-3H3;3*1,3-4H2,2H3;. The third-order valence-electron chi connectivity index (χ3n) is 5.79. The van der Waals surface area contributed by atoms with E-state index in [0.717, 1.165) is 19.5 Å². The van der Waals surface area contributed by atoms with Crippen molar-refractivity contribution in [2.45, 2.75) is 112 Å². The molecule has 0 aromatic heterocycles. The first kappa shape index (κ1) is 24.8. The van der Waals surface area contributed by atoms with Gasteiger partial charge in [-0.3, -0.25) is 0 Å². The number of nitrogens with zero attached hydrogens (tertiary/aromatic N) is 1. The van der Waals surface area contributed by atoms with Gasteiger partial charge < -0.3 is 0 Å². The van der Waals surface area contributed by atoms with E-state index in [1.807, 2.05) is 29.3 Å². The molecule has 0 N–H and O–H groups in total. The summed E-state index contributed by atoms with van der Waals surface area (Å²) in [7, 11) is 0. The Kier molecular flexibility index (Phi) is 11.4. The summed E-state index contributed by atoms with van der Waals surface area (Å²) in [6, 6.07) is 0. The number of ether oxygens (including phenoxy) is 1. The van der Waals surface area contributed by atoms with Crippen LogP contribution in [0.1, 0.15) is 92.9 Å². The molecular formula is C23H45NO2Sn. The maximum atomic E-state index is 12.5. The molecular weight excluding hydrogens is 441 g/mol. The van der Waals surface area contributed by atoms with Crippen LogP contribution in [0.15, 0.2) is 9.67 Å². The minimum absolute atomic E-state index is 0.142. The van der Waals surface area contributed by atoms with Crippen molar-refractivity contribution in [1.82, 2.24) is 4.90 Å². The van der Waals surface area contributed by atoms with E-state index in [-0.39, 0.29) is 6.09 Å². The Balaban J connectivity index is 2.99. The van der Waals surface area contributed by atoms with Crippen LogP contribution in [0.3, 0.4) is 0 Å². The number of hydrogen-bond donors (Lipinski definition) is 0. The molecule has 3 nitrogen and oxygen atoms in total. The van der Waals surface area contributed by atoms with E-state index >= 15 is 0 Å². The number of allylic oxidation sites excluding steroid dienone is 1. The molecule has 0 saturated carbocycles. The molecule has 0 unspecified atom stereocenters. The van der Waals surface area contributed by atoms with Crippen molar-refractivity contribution >= 4 is 24.5 Å². The van der Waals surface area contributed by atoms with E-state index in [4.69, 9.17) is 4.74 Å². The van der Waals surface area contributed by atoms with Crippen molar-refractivity contribution in [3.63, 3.8) is 0 Å². The van der Waals surface area contributed by atoms with Crippen molar-refractivity contribution in [3.8, 4) is 0 Å². The van der Waals surface area contributed by atoms with Crippen molar-refractivity contribution in [1.29, 1.82) is 0 Å². The molecule has 0 aromatic carbocycles. The second-order valence-corrected chi connectivity index (χ2v) is 22.8. The van der Waals surface area contributed by atoms with Gasteiger partial charge >= 0.3 is 173 Å². The molecule has 1 aliphatic rings. The van der Waals surface area contributed by atoms with Gasteiger partial charge in [0.15, 0.2) is 0 Å². The molecule has 0 spiro atoms. The third-order valence-corrected chi connectivity index (χ3v) is 22.2. The van der Waals surface area contributed by atoms with Crippen molar-refractivity contribution < 1.29 is 9.53 Å². The zero-order chi connectivity index (χ0) is 20.3. The molecule has 1 amide bonds. The van der Waals surface area contributed by atoms with Crippen LogP contribution in [0.2, 0.25) is 13.3 Å². The number of rotatable bonds is 10. The summed E-state index contributed by atoms with van der Waals surface area (Å²) in [5.41, 5.74) is -0.414. The van der Waals surface area contributed by atoms with Crippen LogP contribution >= 0.6 is 0 Å². The van der Waals surface area contributed by atoms with Crippen LogP contribution in [0.5, 0.6) is 0 Å². The van der Waals surface area contributed by atoms with Gasteiger partial charge in [-0.1, -0.05) is 0 Å². The second kappa shape index (κ2) is 12.4. The van der Waals surface area contributed by atoms with E-state index in [9.17, 15) is 4.79 Å². The topological polar surface area (TPSA) is 29.5 Å². The van der Waals surface area contributed by atoms with Crippen LogP contribution in [0.4, 0.5) is 4.79 Å². The molecule has 0 radical (unpaired) electrons. The monoisotopic (exact) mass is 487 g/mol. The predicted molar refractivity (Wildman–Crippen MR) is 120 cm³/mol. The number of carbonyl (C=O) groups is 1. The Hall–Kier alpha value is -0.191. The molecule has 1 rings (SSSR count). The van der Waals surface area contributed by atoms with Gasteiger partial charge in [-0.15, -0.1) is 0 Å². The average molecular weight is 486 g/mol. The van der Waals surface area contributed by atoms with Crippen molar-refractivity contribution in [2.24, 2.45) is 0 Å². The quantitative estimate of drug-likeness (QED) is 0.303. The molecule has 0 fully saturated rings. The van der Waals surface area contributed by atoms with Gasteiger partial charge in [0.05, 0.1) is 0 Å². The Bertz CT molecular complexity index is 446. The predicted octanol–water partition coefficient (Wildman–Crippen LogP) is 7.33. The SMILES string of the molecule is CCC[CH2][Sn]([CH2]CCC)([CH2]CCC)[C]1=CCN(C(=O)OC(C)(C)C)CCC1. The molecule has 0 aromatic rings. The minimum atomic E-state index is -2.33. The first-order valence-electron chi connectivity index (χ1n) is 11.5. The molecule has 1 aliphatic heterocycles. The summed E-state index contributed by atoms with van der Waals surface area (Å²) < 4.78 is 12.0. The summed E-state index contributed by atoms with van der Waals surface area (Å²) in [6.07, 6.45) is 12.8. The Labute approximate surface area is 173 Å². The van der Waals surface area contributed by atoms with E-state index in [2.05, 4.69) is 26.8 Å². The molecule has 0 saturated heterocycles. The molecule has 4 heteroatoms. The van der Waals surface area contributed by atoms with Crippen LogP contribution in [0, 0.1) is 0 Å². The van der Waals surface area contributed by atoms with E-state index in [1.165, 1.54) is 58.3 Å². The number of unbranched alkanes of at least 4 members (excludes halogenated alkanes) is 3. The first-order valence-corrected chi connectivity index (χ1v) is 18.9. The first-order chi connectivity index (χ1) is 12.8. The molecule has 0 bridgehead atoms. The summed E-state index contributed by atoms with van der Waals surface area (Å²) in [5.74, 6) is 0. The Morgan fingerprint density at radius 1 is 1.04 bits per heavy atom. The van der Waals surface area contributed by atoms with Crippen LogP contribution in [-0.2, 0) is 4.74 Å². The fraction of sp³-hybridized carbons (Fsp3) is 0.870. The zero-order valence-electron chi connectivity index (χ0n) is 19.0. The van der Waals surface area contributed by atoms with Crippen LogP contribution in [0.25, 0.3) is 0 Å². The van der Waals surface area contributed by atoms with E-state index in [0.29, 0.717) is 0 Å². The van der Waals surface area contributed by atoms with E-state index < -0.39 is 24.0 Å². The fourth-order valence-corrected chi connectivity index (χ4v) is 21.5. The van der Waals surface area contributed by atoms with Gasteiger partial charge in [0.1, 0.15) is 0 Å². The van der Waals surface area contributed by atoms with Gasteiger partial charge in [-0.2, -0.15) is 0 Å². The molecule has 0 atom stereocenters. The van der Waals surface area contributed by atoms with Crippen molar-refractivity contribution in [2.75, 3.05) is 13.1 Å². The average Bonchev–Trinajstić information content (AvgIpc) is 2.87. The molecule has 158 valence electrons. The fourth-order valence-electron chi connectivity index (χ4n) is 4.25. The summed E-state index contributed by atoms with van der Waals surface area (Å²) in [6.45, 7) is 14.5. The van der Waals surface area contributed by atoms with Gasteiger partial charge in [-0.05, 0) is 0 Å². The number of hydrogen-bond acceptors (Lipinski definition) is 2. The number of carbonyl (C=O) groups excluding carboxylic acids is 1. The zero-order valence-corrected chi connectivity index (χ0v) is 21.9. The summed E-state index contributed by atoms with van der Waals surface area (Å²) >= 11 is -2.33. The van der Waals surface area contributed by atoms with Gasteiger partial charge in [0.25, 0.3) is 0 Å². The Morgan fingerprint density at radius 2 is 1.56 bits per heavy atom. The molecule has 1 heterocycles. The maximum absolute atomic E-state index is 12.5. The van der Waals surface area contributed by atoms with Crippen LogP contribution in [-0.4, -0.2) is 48.1 Å². The molecule has 27 heavy (non-hydrogen) atoms. The van der Waals surface area contributed by atoms with Gasteiger partial charge in [0.2, 0.25) is 0 Å². The summed E-state index contributed by atoms with van der Waals surface area (Å²) in [4.78, 5) is 14.5. The Morgan fingerprint density at radius 3 is 2.00 bits per heavy atom. The normalized spacial score (nSPS) is 16.1.